The third-order valence-corrected chi connectivity index (χ3v) is 2.55. The van der Waals surface area contributed by atoms with E-state index < -0.39 is 0 Å². The quantitative estimate of drug-likeness (QED) is 0.683. The number of nitrogens with one attached hydrogen (secondary N) is 1. The van der Waals surface area contributed by atoms with E-state index >= 15 is 0 Å². The van der Waals surface area contributed by atoms with E-state index in [0.717, 1.165) is 5.69 Å². The van der Waals surface area contributed by atoms with Crippen LogP contribution in [0.1, 0.15) is 16.2 Å². The summed E-state index contributed by atoms with van der Waals surface area (Å²) in [5.74, 6) is -0.253. The first-order valence-electron chi connectivity index (χ1n) is 5.14. The molecule has 0 aromatic carbocycles. The van der Waals surface area contributed by atoms with Crippen LogP contribution in [0.3, 0.4) is 0 Å². The van der Waals surface area contributed by atoms with Crippen LogP contribution in [0, 0.1) is 6.92 Å². The van der Waals surface area contributed by atoms with Crippen molar-refractivity contribution < 1.29 is 9.59 Å². The summed E-state index contributed by atoms with van der Waals surface area (Å²) in [5.41, 5.74) is 1.32. The van der Waals surface area contributed by atoms with Crippen LogP contribution in [0.5, 0.6) is 0 Å². The van der Waals surface area contributed by atoms with Crippen LogP contribution >= 0.6 is 0 Å². The Balaban J connectivity index is 2.18. The number of hydrogen-bond donors (Lipinski definition) is 1. The van der Waals surface area contributed by atoms with Gasteiger partial charge in [0.2, 0.25) is 5.91 Å². The van der Waals surface area contributed by atoms with Crippen molar-refractivity contribution in [1.29, 1.82) is 0 Å². The average Bonchev–Trinajstić information content (AvgIpc) is 2.57. The fourth-order valence-corrected chi connectivity index (χ4v) is 1.78. The minimum absolute atomic E-state index is 0.113. The zero-order chi connectivity index (χ0) is 11.7. The molecule has 0 saturated carbocycles. The van der Waals surface area contributed by atoms with Crippen LogP contribution in [0.25, 0.3) is 0 Å². The second-order valence-corrected chi connectivity index (χ2v) is 3.87. The first kappa shape index (κ1) is 10.7. The molecule has 0 radical (unpaired) electrons. The van der Waals surface area contributed by atoms with E-state index in [1.54, 1.807) is 17.8 Å². The number of amides is 2. The second-order valence-electron chi connectivity index (χ2n) is 3.87. The molecule has 0 aliphatic carbocycles. The lowest BCUT2D eigenvalue weighted by molar-refractivity contribution is -0.123. The lowest BCUT2D eigenvalue weighted by Crippen LogP contribution is -2.50. The van der Waals surface area contributed by atoms with Crippen molar-refractivity contribution in [2.24, 2.45) is 7.05 Å². The van der Waals surface area contributed by atoms with Gasteiger partial charge in [0.05, 0.1) is 12.2 Å². The molecule has 1 N–H and O–H groups in total. The minimum atomic E-state index is -0.141. The molecule has 1 aromatic rings. The molecule has 1 fully saturated rings. The van der Waals surface area contributed by atoms with E-state index in [0.29, 0.717) is 18.8 Å². The number of aryl methyl sites for hydroxylation is 2. The van der Waals surface area contributed by atoms with Crippen molar-refractivity contribution in [1.82, 2.24) is 20.0 Å². The highest BCUT2D eigenvalue weighted by molar-refractivity contribution is 5.95. The Hall–Kier alpha value is -1.85. The van der Waals surface area contributed by atoms with Gasteiger partial charge in [0, 0.05) is 20.1 Å². The van der Waals surface area contributed by atoms with Gasteiger partial charge >= 0.3 is 0 Å². The van der Waals surface area contributed by atoms with Crippen LogP contribution in [-0.2, 0) is 11.8 Å². The summed E-state index contributed by atoms with van der Waals surface area (Å²) in [4.78, 5) is 24.8. The lowest BCUT2D eigenvalue weighted by atomic mass is 10.3. The van der Waals surface area contributed by atoms with Gasteiger partial charge in [-0.15, -0.1) is 0 Å². The molecule has 1 aliphatic rings. The molecule has 0 spiro atoms. The molecule has 86 valence electrons. The van der Waals surface area contributed by atoms with Gasteiger partial charge in [0.15, 0.2) is 0 Å². The van der Waals surface area contributed by atoms with Crippen LogP contribution in [0.2, 0.25) is 0 Å². The predicted molar refractivity (Wildman–Crippen MR) is 56.9 cm³/mol. The maximum atomic E-state index is 12.1. The molecule has 1 aromatic heterocycles. The molecule has 2 rings (SSSR count). The number of aromatic nitrogens is 2. The van der Waals surface area contributed by atoms with Gasteiger partial charge in [-0.05, 0) is 13.0 Å². The molecule has 16 heavy (non-hydrogen) atoms. The Morgan fingerprint density at radius 2 is 2.31 bits per heavy atom. The highest BCUT2D eigenvalue weighted by atomic mass is 16.2. The molecule has 2 amide bonds. The molecule has 1 saturated heterocycles. The number of hydrogen-bond acceptors (Lipinski definition) is 3. The predicted octanol–water partition coefficient (Wildman–Crippen LogP) is -0.699. The molecule has 1 aliphatic heterocycles. The molecule has 0 bridgehead atoms. The van der Waals surface area contributed by atoms with Crippen LogP contribution in [0.15, 0.2) is 6.07 Å². The number of carbonyl (C=O) groups is 2. The molecule has 6 nitrogen and oxygen atoms in total. The Kier molecular flexibility index (Phi) is 2.64. The van der Waals surface area contributed by atoms with E-state index in [2.05, 4.69) is 10.4 Å². The maximum Gasteiger partial charge on any atom is 0.272 e. The first-order valence-corrected chi connectivity index (χ1v) is 5.14. The van der Waals surface area contributed by atoms with Crippen molar-refractivity contribution in [2.75, 3.05) is 19.6 Å². The normalized spacial score (nSPS) is 16.1. The third kappa shape index (κ3) is 1.91. The summed E-state index contributed by atoms with van der Waals surface area (Å²) in [5, 5.41) is 6.80. The topological polar surface area (TPSA) is 67.2 Å². The minimum Gasteiger partial charge on any atom is -0.353 e. The monoisotopic (exact) mass is 222 g/mol. The van der Waals surface area contributed by atoms with Gasteiger partial charge in [-0.1, -0.05) is 0 Å². The van der Waals surface area contributed by atoms with Crippen molar-refractivity contribution in [3.63, 3.8) is 0 Å². The summed E-state index contributed by atoms with van der Waals surface area (Å²) in [7, 11) is 1.73. The number of rotatable bonds is 1. The van der Waals surface area contributed by atoms with E-state index in [1.807, 2.05) is 6.92 Å². The fraction of sp³-hybridized carbons (Fsp3) is 0.500. The van der Waals surface area contributed by atoms with Gasteiger partial charge in [-0.2, -0.15) is 5.10 Å². The van der Waals surface area contributed by atoms with E-state index in [-0.39, 0.29) is 18.4 Å². The first-order chi connectivity index (χ1) is 7.58. The lowest BCUT2D eigenvalue weighted by Gasteiger charge is -2.26. The average molecular weight is 222 g/mol. The van der Waals surface area contributed by atoms with Crippen molar-refractivity contribution >= 4 is 11.8 Å². The molecular weight excluding hydrogens is 208 g/mol. The Morgan fingerprint density at radius 3 is 2.88 bits per heavy atom. The van der Waals surface area contributed by atoms with E-state index in [4.69, 9.17) is 0 Å². The van der Waals surface area contributed by atoms with Crippen LogP contribution < -0.4 is 5.32 Å². The second kappa shape index (κ2) is 3.96. The Morgan fingerprint density at radius 1 is 1.56 bits per heavy atom. The van der Waals surface area contributed by atoms with Gasteiger partial charge in [0.25, 0.3) is 5.91 Å². The largest absolute Gasteiger partial charge is 0.353 e. The van der Waals surface area contributed by atoms with E-state index in [1.165, 1.54) is 4.90 Å². The summed E-state index contributed by atoms with van der Waals surface area (Å²) in [6.45, 7) is 3.03. The number of piperazine rings is 1. The molecule has 0 unspecified atom stereocenters. The number of nitrogens with zero attached hydrogens (tertiary/aromatic N) is 3. The van der Waals surface area contributed by atoms with Crippen LogP contribution in [0.4, 0.5) is 0 Å². The molecule has 6 heteroatoms. The number of carbonyl (C=O) groups excluding carboxylic acids is 2. The third-order valence-electron chi connectivity index (χ3n) is 2.55. The van der Waals surface area contributed by atoms with Crippen molar-refractivity contribution in [3.05, 3.63) is 17.5 Å². The Bertz CT molecular complexity index is 438. The standard InChI is InChI=1S/C10H14N4O2/c1-7-5-8(13(2)12-7)10(16)14-4-3-11-9(15)6-14/h5H,3-4,6H2,1-2H3,(H,11,15). The van der Waals surface area contributed by atoms with Crippen LogP contribution in [-0.4, -0.2) is 46.1 Å². The molecule has 2 heterocycles. The molecule has 0 atom stereocenters. The van der Waals surface area contributed by atoms with Gasteiger partial charge in [0.1, 0.15) is 5.69 Å². The van der Waals surface area contributed by atoms with Crippen molar-refractivity contribution in [3.8, 4) is 0 Å². The van der Waals surface area contributed by atoms with Crippen molar-refractivity contribution in [2.45, 2.75) is 6.92 Å². The Labute approximate surface area is 93.2 Å². The maximum absolute atomic E-state index is 12.1. The zero-order valence-electron chi connectivity index (χ0n) is 9.36. The highest BCUT2D eigenvalue weighted by Crippen LogP contribution is 2.07. The molecular formula is C10H14N4O2. The zero-order valence-corrected chi connectivity index (χ0v) is 9.36. The summed E-state index contributed by atoms with van der Waals surface area (Å²) in [6.07, 6.45) is 0. The smallest absolute Gasteiger partial charge is 0.272 e. The fourth-order valence-electron chi connectivity index (χ4n) is 1.78. The van der Waals surface area contributed by atoms with Gasteiger partial charge in [-0.25, -0.2) is 0 Å². The highest BCUT2D eigenvalue weighted by Gasteiger charge is 2.24. The summed E-state index contributed by atoms with van der Waals surface area (Å²) >= 11 is 0. The van der Waals surface area contributed by atoms with E-state index in [9.17, 15) is 9.59 Å². The van der Waals surface area contributed by atoms with Gasteiger partial charge < -0.3 is 10.2 Å². The SMILES string of the molecule is Cc1cc(C(=O)N2CCNC(=O)C2)n(C)n1. The summed E-state index contributed by atoms with van der Waals surface area (Å²) < 4.78 is 1.55. The van der Waals surface area contributed by atoms with Gasteiger partial charge in [-0.3, -0.25) is 14.3 Å². The summed E-state index contributed by atoms with van der Waals surface area (Å²) in [6, 6.07) is 1.73.